The van der Waals surface area contributed by atoms with Gasteiger partial charge >= 0.3 is 0 Å². The molecule has 0 amide bonds. The molecule has 0 radical (unpaired) electrons. The Kier molecular flexibility index (Phi) is 2.69. The Morgan fingerprint density at radius 1 is 1.42 bits per heavy atom. The Morgan fingerprint density at radius 2 is 2.00 bits per heavy atom. The van der Waals surface area contributed by atoms with Crippen LogP contribution in [-0.4, -0.2) is 22.6 Å². The molecule has 64 valence electrons. The summed E-state index contributed by atoms with van der Waals surface area (Å²) in [6.45, 7) is 2.21. The van der Waals surface area contributed by atoms with Crippen molar-refractivity contribution >= 4 is 6.21 Å². The fourth-order valence-corrected chi connectivity index (χ4v) is 0.818. The van der Waals surface area contributed by atoms with Gasteiger partial charge in [-0.05, 0) is 31.2 Å². The molecule has 0 unspecified atom stereocenters. The van der Waals surface area contributed by atoms with E-state index in [2.05, 4.69) is 0 Å². The van der Waals surface area contributed by atoms with Crippen LogP contribution >= 0.6 is 0 Å². The molecule has 0 heterocycles. The standard InChI is InChI=1S/C9H11NO2/c1-2-10(12)7-8-3-5-9(11)6-4-8/h3-7,11H,2H2,1H3. The highest BCUT2D eigenvalue weighted by molar-refractivity contribution is 5.75. The van der Waals surface area contributed by atoms with Crippen LogP contribution in [0.25, 0.3) is 0 Å². The molecule has 0 fully saturated rings. The minimum absolute atomic E-state index is 0.209. The van der Waals surface area contributed by atoms with Crippen LogP contribution in [0.15, 0.2) is 24.3 Å². The third kappa shape index (κ3) is 2.27. The van der Waals surface area contributed by atoms with Gasteiger partial charge in [-0.2, -0.15) is 0 Å². The lowest BCUT2D eigenvalue weighted by Gasteiger charge is -1.99. The quantitative estimate of drug-likeness (QED) is 0.311. The summed E-state index contributed by atoms with van der Waals surface area (Å²) in [6, 6.07) is 6.48. The van der Waals surface area contributed by atoms with Gasteiger partial charge < -0.3 is 10.3 Å². The second-order valence-corrected chi connectivity index (χ2v) is 2.45. The van der Waals surface area contributed by atoms with Gasteiger partial charge in [-0.15, -0.1) is 0 Å². The zero-order valence-electron chi connectivity index (χ0n) is 6.90. The number of phenolic OH excluding ortho intramolecular Hbond substituents is 1. The molecule has 0 aliphatic heterocycles. The zero-order chi connectivity index (χ0) is 8.97. The molecule has 12 heavy (non-hydrogen) atoms. The maximum atomic E-state index is 10.9. The molecule has 0 aliphatic carbocycles. The number of nitrogens with zero attached hydrogens (tertiary/aromatic N) is 1. The molecule has 0 atom stereocenters. The van der Waals surface area contributed by atoms with Crippen molar-refractivity contribution in [2.75, 3.05) is 6.54 Å². The van der Waals surface area contributed by atoms with Gasteiger partial charge in [0.25, 0.3) is 0 Å². The van der Waals surface area contributed by atoms with Gasteiger partial charge in [0.1, 0.15) is 5.75 Å². The third-order valence-electron chi connectivity index (χ3n) is 1.50. The van der Waals surface area contributed by atoms with Crippen LogP contribution in [0.1, 0.15) is 12.5 Å². The van der Waals surface area contributed by atoms with Crippen molar-refractivity contribution in [3.8, 4) is 5.75 Å². The molecule has 1 aromatic carbocycles. The van der Waals surface area contributed by atoms with E-state index in [0.717, 1.165) is 10.3 Å². The van der Waals surface area contributed by atoms with Gasteiger partial charge in [-0.1, -0.05) is 0 Å². The molecule has 0 spiro atoms. The molecular weight excluding hydrogens is 154 g/mol. The molecule has 0 aliphatic rings. The molecule has 1 N–H and O–H groups in total. The minimum Gasteiger partial charge on any atom is -0.624 e. The third-order valence-corrected chi connectivity index (χ3v) is 1.50. The fraction of sp³-hybridized carbons (Fsp3) is 0.222. The van der Waals surface area contributed by atoms with E-state index in [0.29, 0.717) is 6.54 Å². The van der Waals surface area contributed by atoms with Crippen molar-refractivity contribution in [2.24, 2.45) is 0 Å². The molecule has 0 saturated carbocycles. The molecule has 0 aromatic heterocycles. The largest absolute Gasteiger partial charge is 0.624 e. The average molecular weight is 165 g/mol. The van der Waals surface area contributed by atoms with Crippen LogP contribution in [-0.2, 0) is 0 Å². The summed E-state index contributed by atoms with van der Waals surface area (Å²) >= 11 is 0. The molecular formula is C9H11NO2. The highest BCUT2D eigenvalue weighted by Crippen LogP contribution is 2.07. The van der Waals surface area contributed by atoms with Crippen LogP contribution in [0.3, 0.4) is 0 Å². The maximum Gasteiger partial charge on any atom is 0.181 e. The van der Waals surface area contributed by atoms with E-state index in [9.17, 15) is 5.21 Å². The van der Waals surface area contributed by atoms with E-state index in [4.69, 9.17) is 5.11 Å². The summed E-state index contributed by atoms with van der Waals surface area (Å²) in [5.41, 5.74) is 0.796. The number of benzene rings is 1. The van der Waals surface area contributed by atoms with Gasteiger partial charge in [0, 0.05) is 5.56 Å². The highest BCUT2D eigenvalue weighted by atomic mass is 16.5. The van der Waals surface area contributed by atoms with Crippen molar-refractivity contribution in [1.82, 2.24) is 0 Å². The predicted octanol–water partition coefficient (Wildman–Crippen LogP) is 1.34. The van der Waals surface area contributed by atoms with Crippen LogP contribution in [0.5, 0.6) is 5.75 Å². The van der Waals surface area contributed by atoms with Crippen LogP contribution in [0.4, 0.5) is 0 Å². The fourth-order valence-electron chi connectivity index (χ4n) is 0.818. The maximum absolute atomic E-state index is 10.9. The lowest BCUT2D eigenvalue weighted by molar-refractivity contribution is -0.447. The van der Waals surface area contributed by atoms with Crippen molar-refractivity contribution in [1.29, 1.82) is 0 Å². The number of hydroxylamine groups is 1. The van der Waals surface area contributed by atoms with E-state index in [1.54, 1.807) is 31.2 Å². The predicted molar refractivity (Wildman–Crippen MR) is 47.4 cm³/mol. The Bertz CT molecular complexity index is 277. The van der Waals surface area contributed by atoms with Gasteiger partial charge in [0.2, 0.25) is 0 Å². The first-order chi connectivity index (χ1) is 5.72. The normalized spacial score (nSPS) is 11.6. The summed E-state index contributed by atoms with van der Waals surface area (Å²) < 4.78 is 0.840. The lowest BCUT2D eigenvalue weighted by atomic mass is 10.2. The molecule has 3 nitrogen and oxygen atoms in total. The second-order valence-electron chi connectivity index (χ2n) is 2.45. The number of rotatable bonds is 2. The summed E-state index contributed by atoms with van der Waals surface area (Å²) in [5, 5.41) is 19.8. The van der Waals surface area contributed by atoms with E-state index in [1.807, 2.05) is 0 Å². The first-order valence-corrected chi connectivity index (χ1v) is 3.80. The van der Waals surface area contributed by atoms with Crippen LogP contribution < -0.4 is 0 Å². The summed E-state index contributed by atoms with van der Waals surface area (Å²) in [7, 11) is 0. The van der Waals surface area contributed by atoms with E-state index < -0.39 is 0 Å². The summed E-state index contributed by atoms with van der Waals surface area (Å²) in [5.74, 6) is 0.209. The Balaban J connectivity index is 2.84. The van der Waals surface area contributed by atoms with Crippen molar-refractivity contribution in [3.63, 3.8) is 0 Å². The van der Waals surface area contributed by atoms with Gasteiger partial charge in [-0.3, -0.25) is 0 Å². The van der Waals surface area contributed by atoms with Crippen molar-refractivity contribution in [2.45, 2.75) is 6.92 Å². The van der Waals surface area contributed by atoms with E-state index >= 15 is 0 Å². The number of hydrogen-bond donors (Lipinski definition) is 1. The highest BCUT2D eigenvalue weighted by Gasteiger charge is 1.92. The van der Waals surface area contributed by atoms with Gasteiger partial charge in [0.15, 0.2) is 12.8 Å². The van der Waals surface area contributed by atoms with Gasteiger partial charge in [0.05, 0.1) is 0 Å². The smallest absolute Gasteiger partial charge is 0.181 e. The van der Waals surface area contributed by atoms with E-state index in [-0.39, 0.29) is 5.75 Å². The summed E-state index contributed by atoms with van der Waals surface area (Å²) in [6.07, 6.45) is 1.49. The lowest BCUT2D eigenvalue weighted by Crippen LogP contribution is -2.03. The van der Waals surface area contributed by atoms with Crippen molar-refractivity contribution < 1.29 is 9.85 Å². The Hall–Kier alpha value is -1.51. The Labute approximate surface area is 71.2 Å². The van der Waals surface area contributed by atoms with Crippen molar-refractivity contribution in [3.05, 3.63) is 35.0 Å². The zero-order valence-corrected chi connectivity index (χ0v) is 6.90. The number of hydrogen-bond acceptors (Lipinski definition) is 2. The molecule has 0 bridgehead atoms. The van der Waals surface area contributed by atoms with Crippen LogP contribution in [0.2, 0.25) is 0 Å². The molecule has 1 rings (SSSR count). The number of aromatic hydroxyl groups is 1. The SMILES string of the molecule is CC[N+]([O-])=Cc1ccc(O)cc1. The monoisotopic (exact) mass is 165 g/mol. The second kappa shape index (κ2) is 3.76. The first kappa shape index (κ1) is 8.59. The van der Waals surface area contributed by atoms with E-state index in [1.165, 1.54) is 6.21 Å². The Morgan fingerprint density at radius 3 is 2.50 bits per heavy atom. The molecule has 3 heteroatoms. The number of phenols is 1. The molecule has 0 saturated heterocycles. The first-order valence-electron chi connectivity index (χ1n) is 3.80. The molecule has 1 aromatic rings. The minimum atomic E-state index is 0.209. The topological polar surface area (TPSA) is 46.3 Å². The average Bonchev–Trinajstić information content (AvgIpc) is 2.09. The van der Waals surface area contributed by atoms with Crippen LogP contribution in [0, 0.1) is 5.21 Å². The van der Waals surface area contributed by atoms with Gasteiger partial charge in [-0.25, -0.2) is 4.74 Å². The summed E-state index contributed by atoms with van der Waals surface area (Å²) in [4.78, 5) is 0.